The Labute approximate surface area is 120 Å². The van der Waals surface area contributed by atoms with Crippen LogP contribution in [0.2, 0.25) is 0 Å². The quantitative estimate of drug-likeness (QED) is 0.639. The Kier molecular flexibility index (Phi) is 5.99. The van der Waals surface area contributed by atoms with Crippen molar-refractivity contribution in [1.29, 1.82) is 0 Å². The van der Waals surface area contributed by atoms with Gasteiger partial charge in [-0.1, -0.05) is 0 Å². The maximum atomic E-state index is 2.26. The van der Waals surface area contributed by atoms with Crippen molar-refractivity contribution in [3.05, 3.63) is 60.2 Å². The number of rotatable bonds is 4. The van der Waals surface area contributed by atoms with Crippen molar-refractivity contribution in [2.24, 2.45) is 0 Å². The van der Waals surface area contributed by atoms with Crippen molar-refractivity contribution in [1.82, 2.24) is 0 Å². The van der Waals surface area contributed by atoms with Crippen molar-refractivity contribution < 1.29 is 26.1 Å². The molecular formula is C15H20BrN2+. The second-order valence-corrected chi connectivity index (χ2v) is 4.59. The lowest BCUT2D eigenvalue weighted by Gasteiger charge is -1.98. The highest BCUT2D eigenvalue weighted by Gasteiger charge is 2.04. The van der Waals surface area contributed by atoms with Crippen LogP contribution in [0, 0.1) is 13.8 Å². The van der Waals surface area contributed by atoms with Crippen LogP contribution in [0.25, 0.3) is 0 Å². The molecule has 0 N–H and O–H groups in total. The predicted molar refractivity (Wildman–Crippen MR) is 67.4 cm³/mol. The van der Waals surface area contributed by atoms with E-state index in [4.69, 9.17) is 0 Å². The van der Waals surface area contributed by atoms with Crippen LogP contribution in [0.1, 0.15) is 17.5 Å². The SMILES string of the molecule is Cc1ccc[n+](CCC[n+]2cccc(C)c2)c1.[Br-]. The van der Waals surface area contributed by atoms with Gasteiger partial charge in [-0.25, -0.2) is 9.13 Å². The van der Waals surface area contributed by atoms with Crippen molar-refractivity contribution in [2.75, 3.05) is 0 Å². The molecule has 0 saturated carbocycles. The number of hydrogen-bond acceptors (Lipinski definition) is 0. The number of halogens is 1. The van der Waals surface area contributed by atoms with Gasteiger partial charge >= 0.3 is 0 Å². The van der Waals surface area contributed by atoms with Gasteiger partial charge in [-0.3, -0.25) is 0 Å². The lowest BCUT2D eigenvalue weighted by molar-refractivity contribution is -0.727. The summed E-state index contributed by atoms with van der Waals surface area (Å²) in [6.07, 6.45) is 9.81. The van der Waals surface area contributed by atoms with Crippen molar-refractivity contribution in [3.8, 4) is 0 Å². The van der Waals surface area contributed by atoms with Crippen LogP contribution >= 0.6 is 0 Å². The van der Waals surface area contributed by atoms with Gasteiger partial charge < -0.3 is 17.0 Å². The van der Waals surface area contributed by atoms with E-state index >= 15 is 0 Å². The number of aryl methyl sites for hydroxylation is 4. The van der Waals surface area contributed by atoms with E-state index in [-0.39, 0.29) is 17.0 Å². The zero-order chi connectivity index (χ0) is 12.1. The first kappa shape index (κ1) is 14.8. The molecule has 18 heavy (non-hydrogen) atoms. The minimum atomic E-state index is 0. The number of hydrogen-bond donors (Lipinski definition) is 0. The monoisotopic (exact) mass is 307 g/mol. The average Bonchev–Trinajstić information content (AvgIpc) is 2.29. The molecule has 0 fully saturated rings. The maximum Gasteiger partial charge on any atom is 0.171 e. The largest absolute Gasteiger partial charge is 1.00 e. The lowest BCUT2D eigenvalue weighted by Crippen LogP contribution is -3.00. The third-order valence-corrected chi connectivity index (χ3v) is 2.84. The fourth-order valence-electron chi connectivity index (χ4n) is 2.02. The molecule has 96 valence electrons. The molecule has 0 spiro atoms. The zero-order valence-electron chi connectivity index (χ0n) is 11.0. The molecule has 0 aromatic carbocycles. The van der Waals surface area contributed by atoms with Crippen LogP contribution in [-0.2, 0) is 13.1 Å². The summed E-state index contributed by atoms with van der Waals surface area (Å²) in [5.74, 6) is 0. The van der Waals surface area contributed by atoms with Gasteiger partial charge in [-0.05, 0) is 26.0 Å². The molecule has 2 aromatic heterocycles. The standard InChI is InChI=1S/C15H20N2.BrH/c1-14-6-3-8-16(12-14)10-5-11-17-9-4-7-15(2)13-17;/h3-4,6-9,12-13H,5,10-11H2,1-2H3;1H/q+2;/p-1. The molecule has 0 aliphatic heterocycles. The van der Waals surface area contributed by atoms with Gasteiger partial charge in [0, 0.05) is 23.3 Å². The molecule has 0 aliphatic carbocycles. The topological polar surface area (TPSA) is 7.76 Å². The Morgan fingerprint density at radius 1 is 0.833 bits per heavy atom. The van der Waals surface area contributed by atoms with E-state index in [1.807, 2.05) is 0 Å². The molecule has 2 aromatic rings. The maximum absolute atomic E-state index is 2.26. The molecular weight excluding hydrogens is 288 g/mol. The third kappa shape index (κ3) is 4.57. The summed E-state index contributed by atoms with van der Waals surface area (Å²) in [4.78, 5) is 0. The third-order valence-electron chi connectivity index (χ3n) is 2.84. The van der Waals surface area contributed by atoms with Gasteiger partial charge in [0.05, 0.1) is 6.42 Å². The highest BCUT2D eigenvalue weighted by atomic mass is 79.9. The van der Waals surface area contributed by atoms with E-state index in [1.54, 1.807) is 0 Å². The Balaban J connectivity index is 0.00000162. The first-order chi connectivity index (χ1) is 8.24. The van der Waals surface area contributed by atoms with Crippen LogP contribution in [0.3, 0.4) is 0 Å². The summed E-state index contributed by atoms with van der Waals surface area (Å²) in [6, 6.07) is 8.47. The van der Waals surface area contributed by atoms with Crippen molar-refractivity contribution in [2.45, 2.75) is 33.4 Å². The van der Waals surface area contributed by atoms with Crippen LogP contribution in [0.5, 0.6) is 0 Å². The Hall–Kier alpha value is -1.22. The summed E-state index contributed by atoms with van der Waals surface area (Å²) in [7, 11) is 0. The van der Waals surface area contributed by atoms with Gasteiger partial charge in [0.15, 0.2) is 37.9 Å². The number of pyridine rings is 2. The van der Waals surface area contributed by atoms with E-state index in [2.05, 4.69) is 72.0 Å². The van der Waals surface area contributed by atoms with Crippen LogP contribution < -0.4 is 26.1 Å². The van der Waals surface area contributed by atoms with E-state index in [1.165, 1.54) is 11.1 Å². The summed E-state index contributed by atoms with van der Waals surface area (Å²) in [5.41, 5.74) is 2.63. The molecule has 0 bridgehead atoms. The highest BCUT2D eigenvalue weighted by Crippen LogP contribution is 1.92. The fraction of sp³-hybridized carbons (Fsp3) is 0.333. The van der Waals surface area contributed by atoms with Crippen molar-refractivity contribution >= 4 is 0 Å². The second kappa shape index (κ2) is 7.27. The fourth-order valence-corrected chi connectivity index (χ4v) is 2.02. The van der Waals surface area contributed by atoms with E-state index < -0.39 is 0 Å². The van der Waals surface area contributed by atoms with E-state index in [0.717, 1.165) is 19.5 Å². The molecule has 3 heteroatoms. The van der Waals surface area contributed by atoms with Gasteiger partial charge in [0.2, 0.25) is 0 Å². The summed E-state index contributed by atoms with van der Waals surface area (Å²) in [5, 5.41) is 0. The minimum absolute atomic E-state index is 0. The molecule has 0 radical (unpaired) electrons. The molecule has 0 saturated heterocycles. The normalized spacial score (nSPS) is 9.89. The van der Waals surface area contributed by atoms with Gasteiger partial charge in [0.25, 0.3) is 0 Å². The van der Waals surface area contributed by atoms with Crippen molar-refractivity contribution in [3.63, 3.8) is 0 Å². The zero-order valence-corrected chi connectivity index (χ0v) is 12.6. The smallest absolute Gasteiger partial charge is 0.171 e. The summed E-state index contributed by atoms with van der Waals surface area (Å²) in [6.45, 7) is 6.41. The van der Waals surface area contributed by atoms with Crippen LogP contribution in [-0.4, -0.2) is 0 Å². The average molecular weight is 308 g/mol. The molecule has 2 heterocycles. The molecule has 2 nitrogen and oxygen atoms in total. The Bertz CT molecular complexity index is 452. The first-order valence-corrected chi connectivity index (χ1v) is 6.15. The second-order valence-electron chi connectivity index (χ2n) is 4.59. The van der Waals surface area contributed by atoms with Gasteiger partial charge in [-0.15, -0.1) is 0 Å². The summed E-state index contributed by atoms with van der Waals surface area (Å²) < 4.78 is 4.51. The molecule has 0 amide bonds. The molecule has 0 aliphatic rings. The molecule has 2 rings (SSSR count). The van der Waals surface area contributed by atoms with E-state index in [0.29, 0.717) is 0 Å². The van der Waals surface area contributed by atoms with Crippen LogP contribution in [0.15, 0.2) is 49.1 Å². The Morgan fingerprint density at radius 3 is 1.67 bits per heavy atom. The van der Waals surface area contributed by atoms with Gasteiger partial charge in [-0.2, -0.15) is 0 Å². The molecule has 0 atom stereocenters. The minimum Gasteiger partial charge on any atom is -1.00 e. The number of aromatic nitrogens is 2. The van der Waals surface area contributed by atoms with Gasteiger partial charge in [0.1, 0.15) is 0 Å². The van der Waals surface area contributed by atoms with Crippen LogP contribution in [0.4, 0.5) is 0 Å². The highest BCUT2D eigenvalue weighted by molar-refractivity contribution is 5.01. The molecule has 0 unspecified atom stereocenters. The van der Waals surface area contributed by atoms with E-state index in [9.17, 15) is 0 Å². The first-order valence-electron chi connectivity index (χ1n) is 6.15. The lowest BCUT2D eigenvalue weighted by atomic mass is 10.3. The summed E-state index contributed by atoms with van der Waals surface area (Å²) >= 11 is 0. The predicted octanol–water partition coefficient (Wildman–Crippen LogP) is -1.03. The number of nitrogens with zero attached hydrogens (tertiary/aromatic N) is 2. The Morgan fingerprint density at radius 2 is 1.28 bits per heavy atom.